The molecule has 1 atom stereocenters. The smallest absolute Gasteiger partial charge is 0.170 e. The van der Waals surface area contributed by atoms with Gasteiger partial charge in [0.15, 0.2) is 5.84 Å². The van der Waals surface area contributed by atoms with Gasteiger partial charge in [-0.2, -0.15) is 0 Å². The normalized spacial score (nSPS) is 20.7. The lowest BCUT2D eigenvalue weighted by Crippen LogP contribution is -2.31. The summed E-state index contributed by atoms with van der Waals surface area (Å²) in [6, 6.07) is 4.14. The van der Waals surface area contributed by atoms with Gasteiger partial charge in [0.05, 0.1) is 0 Å². The van der Waals surface area contributed by atoms with Gasteiger partial charge in [0, 0.05) is 30.9 Å². The van der Waals surface area contributed by atoms with Crippen LogP contribution >= 0.6 is 0 Å². The van der Waals surface area contributed by atoms with Crippen LogP contribution in [0, 0.1) is 0 Å². The fraction of sp³-hybridized carbons (Fsp3) is 0.500. The van der Waals surface area contributed by atoms with Gasteiger partial charge in [0.25, 0.3) is 0 Å². The molecule has 6 nitrogen and oxygen atoms in total. The number of nitrogens with zero attached hydrogens (tertiary/aromatic N) is 4. The summed E-state index contributed by atoms with van der Waals surface area (Å²) < 4.78 is 0. The lowest BCUT2D eigenvalue weighted by Gasteiger charge is -2.21. The molecule has 0 aliphatic carbocycles. The summed E-state index contributed by atoms with van der Waals surface area (Å²) in [7, 11) is 4.18. The highest BCUT2D eigenvalue weighted by Crippen LogP contribution is 2.20. The van der Waals surface area contributed by atoms with Crippen molar-refractivity contribution in [3.63, 3.8) is 0 Å². The van der Waals surface area contributed by atoms with Crippen molar-refractivity contribution < 1.29 is 5.21 Å². The Morgan fingerprint density at radius 3 is 3.00 bits per heavy atom. The van der Waals surface area contributed by atoms with E-state index in [4.69, 9.17) is 10.9 Å². The van der Waals surface area contributed by atoms with Gasteiger partial charge >= 0.3 is 0 Å². The first-order valence-electron chi connectivity index (χ1n) is 5.97. The molecule has 2 heterocycles. The third-order valence-corrected chi connectivity index (χ3v) is 3.37. The maximum atomic E-state index is 8.68. The Morgan fingerprint density at radius 1 is 1.61 bits per heavy atom. The summed E-state index contributed by atoms with van der Waals surface area (Å²) in [6.45, 7) is 1.94. The fourth-order valence-corrected chi connectivity index (χ4v) is 2.18. The molecular formula is C12H19N5O. The molecule has 2 rings (SSSR count). The number of oxime groups is 1. The number of hydrogen-bond acceptors (Lipinski definition) is 5. The number of rotatable bonds is 3. The Bertz CT molecular complexity index is 446. The molecule has 0 amide bonds. The van der Waals surface area contributed by atoms with E-state index in [1.54, 1.807) is 12.3 Å². The van der Waals surface area contributed by atoms with Gasteiger partial charge in [-0.05, 0) is 32.6 Å². The molecule has 0 radical (unpaired) electrons. The van der Waals surface area contributed by atoms with E-state index < -0.39 is 0 Å². The number of anilines is 1. The second kappa shape index (κ2) is 5.22. The highest BCUT2D eigenvalue weighted by atomic mass is 16.4. The van der Waals surface area contributed by atoms with Gasteiger partial charge in [0.1, 0.15) is 5.82 Å². The molecule has 1 aliphatic rings. The standard InChI is InChI=1S/C12H19N5O/c1-16(2)10-4-6-17(8-10)11-7-9(3-5-14-11)12(13)15-18/h3,5,7,10,18H,4,6,8H2,1-2H3,(H2,13,15). The lowest BCUT2D eigenvalue weighted by atomic mass is 10.2. The summed E-state index contributed by atoms with van der Waals surface area (Å²) in [4.78, 5) is 8.80. The molecule has 0 aromatic carbocycles. The van der Waals surface area contributed by atoms with Crippen molar-refractivity contribution in [3.8, 4) is 0 Å². The van der Waals surface area contributed by atoms with Crippen LogP contribution in [-0.4, -0.2) is 54.2 Å². The van der Waals surface area contributed by atoms with E-state index in [0.717, 1.165) is 25.3 Å². The predicted molar refractivity (Wildman–Crippen MR) is 71.1 cm³/mol. The zero-order valence-corrected chi connectivity index (χ0v) is 10.7. The fourth-order valence-electron chi connectivity index (χ4n) is 2.18. The first-order valence-corrected chi connectivity index (χ1v) is 5.97. The molecule has 3 N–H and O–H groups in total. The highest BCUT2D eigenvalue weighted by Gasteiger charge is 2.24. The number of pyridine rings is 1. The Balaban J connectivity index is 2.15. The molecule has 0 saturated carbocycles. The number of amidine groups is 1. The SMILES string of the molecule is CN(C)C1CCN(c2cc(C(N)=NO)ccn2)C1. The van der Waals surface area contributed by atoms with Gasteiger partial charge < -0.3 is 20.7 Å². The molecule has 1 aliphatic heterocycles. The second-order valence-corrected chi connectivity index (χ2v) is 4.74. The molecular weight excluding hydrogens is 230 g/mol. The molecule has 98 valence electrons. The van der Waals surface area contributed by atoms with Crippen LogP contribution in [0.4, 0.5) is 5.82 Å². The summed E-state index contributed by atoms with van der Waals surface area (Å²) in [5.41, 5.74) is 6.27. The highest BCUT2D eigenvalue weighted by molar-refractivity contribution is 5.97. The van der Waals surface area contributed by atoms with Crippen LogP contribution in [-0.2, 0) is 0 Å². The zero-order chi connectivity index (χ0) is 13.1. The lowest BCUT2D eigenvalue weighted by molar-refractivity contribution is 0.315. The number of likely N-dealkylation sites (N-methyl/N-ethyl adjacent to an activating group) is 1. The molecule has 1 fully saturated rings. The molecule has 6 heteroatoms. The first kappa shape index (κ1) is 12.6. The van der Waals surface area contributed by atoms with Crippen molar-refractivity contribution in [2.24, 2.45) is 10.9 Å². The van der Waals surface area contributed by atoms with E-state index >= 15 is 0 Å². The van der Waals surface area contributed by atoms with Gasteiger partial charge in [-0.3, -0.25) is 0 Å². The van der Waals surface area contributed by atoms with Crippen LogP contribution in [0.25, 0.3) is 0 Å². The van der Waals surface area contributed by atoms with E-state index in [2.05, 4.69) is 34.0 Å². The average Bonchev–Trinajstić information content (AvgIpc) is 2.88. The second-order valence-electron chi connectivity index (χ2n) is 4.74. The number of hydrogen-bond donors (Lipinski definition) is 2. The minimum atomic E-state index is 0.113. The number of nitrogens with two attached hydrogens (primary N) is 1. The maximum absolute atomic E-state index is 8.68. The van der Waals surface area contributed by atoms with Crippen molar-refractivity contribution in [2.45, 2.75) is 12.5 Å². The molecule has 0 bridgehead atoms. The van der Waals surface area contributed by atoms with Crippen molar-refractivity contribution in [2.75, 3.05) is 32.1 Å². The Labute approximate surface area is 107 Å². The molecule has 0 spiro atoms. The van der Waals surface area contributed by atoms with E-state index in [0.29, 0.717) is 11.6 Å². The van der Waals surface area contributed by atoms with Crippen LogP contribution in [0.1, 0.15) is 12.0 Å². The Morgan fingerprint density at radius 2 is 2.39 bits per heavy atom. The van der Waals surface area contributed by atoms with Crippen molar-refractivity contribution in [1.29, 1.82) is 0 Å². The summed E-state index contributed by atoms with van der Waals surface area (Å²) in [5, 5.41) is 11.7. The van der Waals surface area contributed by atoms with Crippen molar-refractivity contribution in [3.05, 3.63) is 23.9 Å². The van der Waals surface area contributed by atoms with Crippen molar-refractivity contribution >= 4 is 11.7 Å². The molecule has 1 aromatic rings. The van der Waals surface area contributed by atoms with Gasteiger partial charge in [-0.25, -0.2) is 4.98 Å². The summed E-state index contributed by atoms with van der Waals surface area (Å²) in [5.74, 6) is 0.991. The molecule has 18 heavy (non-hydrogen) atoms. The van der Waals surface area contributed by atoms with Crippen LogP contribution in [0.2, 0.25) is 0 Å². The average molecular weight is 249 g/mol. The predicted octanol–water partition coefficient (Wildman–Crippen LogP) is 0.316. The molecule has 1 unspecified atom stereocenters. The Hall–Kier alpha value is -1.82. The molecule has 1 saturated heterocycles. The zero-order valence-electron chi connectivity index (χ0n) is 10.7. The van der Waals surface area contributed by atoms with Crippen molar-refractivity contribution in [1.82, 2.24) is 9.88 Å². The maximum Gasteiger partial charge on any atom is 0.170 e. The van der Waals surface area contributed by atoms with Crippen LogP contribution in [0.15, 0.2) is 23.5 Å². The minimum Gasteiger partial charge on any atom is -0.409 e. The third kappa shape index (κ3) is 2.53. The minimum absolute atomic E-state index is 0.113. The summed E-state index contributed by atoms with van der Waals surface area (Å²) in [6.07, 6.45) is 2.81. The quantitative estimate of drug-likeness (QED) is 0.349. The molecule has 1 aromatic heterocycles. The topological polar surface area (TPSA) is 78.0 Å². The van der Waals surface area contributed by atoms with Gasteiger partial charge in [0.2, 0.25) is 0 Å². The van der Waals surface area contributed by atoms with E-state index in [9.17, 15) is 0 Å². The largest absolute Gasteiger partial charge is 0.409 e. The van der Waals surface area contributed by atoms with E-state index in [1.807, 2.05) is 6.07 Å². The van der Waals surface area contributed by atoms with Gasteiger partial charge in [-0.15, -0.1) is 0 Å². The number of aromatic nitrogens is 1. The first-order chi connectivity index (χ1) is 8.61. The van der Waals surface area contributed by atoms with E-state index in [1.165, 1.54) is 0 Å². The third-order valence-electron chi connectivity index (χ3n) is 3.37. The van der Waals surface area contributed by atoms with Crippen LogP contribution < -0.4 is 10.6 Å². The van der Waals surface area contributed by atoms with Crippen LogP contribution in [0.5, 0.6) is 0 Å². The van der Waals surface area contributed by atoms with E-state index in [-0.39, 0.29) is 5.84 Å². The van der Waals surface area contributed by atoms with Crippen LogP contribution in [0.3, 0.4) is 0 Å². The van der Waals surface area contributed by atoms with Gasteiger partial charge in [-0.1, -0.05) is 5.16 Å². The Kier molecular flexibility index (Phi) is 3.66. The monoisotopic (exact) mass is 249 g/mol. The summed E-state index contributed by atoms with van der Waals surface area (Å²) >= 11 is 0.